The monoisotopic (exact) mass is 412 g/mol. The van der Waals surface area contributed by atoms with Gasteiger partial charge in [-0.05, 0) is 17.5 Å². The molecule has 0 atom stereocenters. The minimum absolute atomic E-state index is 0.0129. The zero-order valence-electron chi connectivity index (χ0n) is 15.4. The Morgan fingerprint density at radius 1 is 0.967 bits per heavy atom. The summed E-state index contributed by atoms with van der Waals surface area (Å²) in [6.07, 6.45) is -3.55. The van der Waals surface area contributed by atoms with E-state index in [0.717, 1.165) is 16.0 Å². The van der Waals surface area contributed by atoms with E-state index in [1.54, 1.807) is 31.3 Å². The molecule has 30 heavy (non-hydrogen) atoms. The summed E-state index contributed by atoms with van der Waals surface area (Å²) < 4.78 is 56.9. The van der Waals surface area contributed by atoms with Crippen molar-refractivity contribution in [3.8, 4) is 5.69 Å². The SMILES string of the molecule is Cn1cc2c(n1)c(=O)n(-c1cccc3ccccc13)c1nc(C(F)(F)F)c(F)cc21. The largest absolute Gasteiger partial charge is 0.436 e. The van der Waals surface area contributed by atoms with Crippen molar-refractivity contribution in [2.75, 3.05) is 0 Å². The van der Waals surface area contributed by atoms with Crippen LogP contribution in [0.15, 0.2) is 59.5 Å². The molecule has 0 aliphatic rings. The lowest BCUT2D eigenvalue weighted by atomic mass is 10.1. The molecule has 0 radical (unpaired) electrons. The van der Waals surface area contributed by atoms with Crippen molar-refractivity contribution in [2.24, 2.45) is 7.05 Å². The molecule has 150 valence electrons. The number of alkyl halides is 3. The first kappa shape index (κ1) is 18.3. The number of aryl methyl sites for hydroxylation is 1. The van der Waals surface area contributed by atoms with Crippen LogP contribution in [0.4, 0.5) is 17.6 Å². The molecule has 0 aliphatic heterocycles. The maximum Gasteiger partial charge on any atom is 0.436 e. The Labute approximate surface area is 165 Å². The molecule has 0 fully saturated rings. The summed E-state index contributed by atoms with van der Waals surface area (Å²) in [5.41, 5.74) is -2.25. The van der Waals surface area contributed by atoms with Gasteiger partial charge < -0.3 is 0 Å². The third-order valence-electron chi connectivity index (χ3n) is 4.97. The highest BCUT2D eigenvalue weighted by Crippen LogP contribution is 2.34. The van der Waals surface area contributed by atoms with Crippen LogP contribution in [0.2, 0.25) is 0 Å². The Kier molecular flexibility index (Phi) is 3.73. The number of hydrogen-bond donors (Lipinski definition) is 0. The Bertz CT molecular complexity index is 1530. The molecule has 5 nitrogen and oxygen atoms in total. The molecule has 3 aromatic heterocycles. The summed E-state index contributed by atoms with van der Waals surface area (Å²) >= 11 is 0. The molecule has 0 aliphatic carbocycles. The molecule has 0 amide bonds. The normalized spacial score (nSPS) is 12.3. The van der Waals surface area contributed by atoms with Gasteiger partial charge in [0.1, 0.15) is 5.65 Å². The lowest BCUT2D eigenvalue weighted by molar-refractivity contribution is -0.143. The number of pyridine rings is 2. The summed E-state index contributed by atoms with van der Waals surface area (Å²) in [6.45, 7) is 0. The van der Waals surface area contributed by atoms with E-state index < -0.39 is 23.2 Å². The van der Waals surface area contributed by atoms with Gasteiger partial charge in [-0.25, -0.2) is 9.37 Å². The van der Waals surface area contributed by atoms with Crippen molar-refractivity contribution in [1.29, 1.82) is 0 Å². The van der Waals surface area contributed by atoms with Gasteiger partial charge >= 0.3 is 6.18 Å². The number of rotatable bonds is 1. The van der Waals surface area contributed by atoms with Crippen LogP contribution < -0.4 is 5.56 Å². The smallest absolute Gasteiger partial charge is 0.274 e. The first-order valence-electron chi connectivity index (χ1n) is 8.89. The molecule has 9 heteroatoms. The van der Waals surface area contributed by atoms with E-state index in [1.165, 1.54) is 10.9 Å². The van der Waals surface area contributed by atoms with Crippen LogP contribution in [0.25, 0.3) is 38.4 Å². The second-order valence-corrected chi connectivity index (χ2v) is 6.89. The van der Waals surface area contributed by atoms with Crippen LogP contribution in [-0.2, 0) is 13.2 Å². The minimum Gasteiger partial charge on any atom is -0.274 e. The quantitative estimate of drug-likeness (QED) is 0.379. The molecule has 0 unspecified atom stereocenters. The van der Waals surface area contributed by atoms with Gasteiger partial charge in [-0.1, -0.05) is 36.4 Å². The topological polar surface area (TPSA) is 52.7 Å². The van der Waals surface area contributed by atoms with Crippen molar-refractivity contribution in [2.45, 2.75) is 6.18 Å². The van der Waals surface area contributed by atoms with Gasteiger partial charge in [-0.3, -0.25) is 14.0 Å². The van der Waals surface area contributed by atoms with E-state index in [2.05, 4.69) is 10.1 Å². The molecular formula is C21H12F4N4O. The van der Waals surface area contributed by atoms with Gasteiger partial charge in [0.15, 0.2) is 17.0 Å². The molecule has 5 aromatic rings. The second kappa shape index (κ2) is 6.12. The van der Waals surface area contributed by atoms with E-state index >= 15 is 0 Å². The van der Waals surface area contributed by atoms with E-state index in [-0.39, 0.29) is 21.9 Å². The predicted octanol–water partition coefficient (Wildman–Crippen LogP) is 4.58. The van der Waals surface area contributed by atoms with Gasteiger partial charge in [0, 0.05) is 29.4 Å². The molecule has 0 spiro atoms. The Morgan fingerprint density at radius 2 is 1.70 bits per heavy atom. The summed E-state index contributed by atoms with van der Waals surface area (Å²) in [6, 6.07) is 13.0. The average molecular weight is 412 g/mol. The van der Waals surface area contributed by atoms with Crippen molar-refractivity contribution < 1.29 is 17.6 Å². The number of halogens is 4. The average Bonchev–Trinajstić information content (AvgIpc) is 3.10. The molecule has 0 saturated heterocycles. The van der Waals surface area contributed by atoms with E-state index in [9.17, 15) is 22.4 Å². The maximum atomic E-state index is 14.3. The summed E-state index contributed by atoms with van der Waals surface area (Å²) in [5, 5.41) is 5.86. The van der Waals surface area contributed by atoms with E-state index in [4.69, 9.17) is 0 Å². The highest BCUT2D eigenvalue weighted by molar-refractivity contribution is 6.04. The molecular weight excluding hydrogens is 400 g/mol. The number of hydrogen-bond acceptors (Lipinski definition) is 3. The zero-order chi connectivity index (χ0) is 21.2. The number of nitrogens with zero attached hydrogens (tertiary/aromatic N) is 4. The molecule has 3 heterocycles. The van der Waals surface area contributed by atoms with Gasteiger partial charge in [-0.15, -0.1) is 0 Å². The molecule has 0 N–H and O–H groups in total. The summed E-state index contributed by atoms with van der Waals surface area (Å²) in [7, 11) is 1.57. The highest BCUT2D eigenvalue weighted by Gasteiger charge is 2.37. The zero-order valence-corrected chi connectivity index (χ0v) is 15.4. The fraction of sp³-hybridized carbons (Fsp3) is 0.0952. The van der Waals surface area contributed by atoms with Crippen LogP contribution in [-0.4, -0.2) is 19.3 Å². The van der Waals surface area contributed by atoms with Crippen LogP contribution in [0.5, 0.6) is 0 Å². The lowest BCUT2D eigenvalue weighted by Crippen LogP contribution is -2.22. The lowest BCUT2D eigenvalue weighted by Gasteiger charge is -2.15. The summed E-state index contributed by atoms with van der Waals surface area (Å²) in [4.78, 5) is 16.9. The van der Waals surface area contributed by atoms with E-state index in [0.29, 0.717) is 11.1 Å². The van der Waals surface area contributed by atoms with E-state index in [1.807, 2.05) is 18.2 Å². The number of benzene rings is 2. The fourth-order valence-electron chi connectivity index (χ4n) is 3.72. The van der Waals surface area contributed by atoms with Crippen molar-refractivity contribution >= 4 is 32.7 Å². The van der Waals surface area contributed by atoms with Gasteiger partial charge in [0.25, 0.3) is 5.56 Å². The summed E-state index contributed by atoms with van der Waals surface area (Å²) in [5.74, 6) is -1.51. The molecule has 0 saturated carbocycles. The van der Waals surface area contributed by atoms with Crippen molar-refractivity contribution in [3.63, 3.8) is 0 Å². The number of aromatic nitrogens is 4. The second-order valence-electron chi connectivity index (χ2n) is 6.89. The third kappa shape index (κ3) is 2.58. The van der Waals surface area contributed by atoms with Crippen LogP contribution >= 0.6 is 0 Å². The van der Waals surface area contributed by atoms with Gasteiger partial charge in [0.05, 0.1) is 5.69 Å². The van der Waals surface area contributed by atoms with Crippen molar-refractivity contribution in [3.05, 3.63) is 76.6 Å². The Morgan fingerprint density at radius 3 is 2.47 bits per heavy atom. The molecule has 5 rings (SSSR count). The first-order chi connectivity index (χ1) is 14.3. The maximum absolute atomic E-state index is 14.3. The van der Waals surface area contributed by atoms with Crippen LogP contribution in [0, 0.1) is 5.82 Å². The van der Waals surface area contributed by atoms with Gasteiger partial charge in [0.2, 0.25) is 0 Å². The minimum atomic E-state index is -5.01. The van der Waals surface area contributed by atoms with Crippen molar-refractivity contribution in [1.82, 2.24) is 19.3 Å². The standard InChI is InChI=1S/C21H12F4N4O/c1-28-10-14-13-9-15(22)18(21(23,24)25)26-19(13)29(20(30)17(14)27-28)16-8-4-6-11-5-2-3-7-12(11)16/h2-10H,1H3. The molecule has 0 bridgehead atoms. The Balaban J connectivity index is 2.04. The fourth-order valence-corrected chi connectivity index (χ4v) is 3.72. The first-order valence-corrected chi connectivity index (χ1v) is 8.89. The highest BCUT2D eigenvalue weighted by atomic mass is 19.4. The van der Waals surface area contributed by atoms with Crippen LogP contribution in [0.3, 0.4) is 0 Å². The molecule has 2 aromatic carbocycles. The number of fused-ring (bicyclic) bond motifs is 4. The Hall–Kier alpha value is -3.75. The van der Waals surface area contributed by atoms with Gasteiger partial charge in [-0.2, -0.15) is 18.3 Å². The third-order valence-corrected chi connectivity index (χ3v) is 4.97. The van der Waals surface area contributed by atoms with Crippen LogP contribution in [0.1, 0.15) is 5.69 Å². The predicted molar refractivity (Wildman–Crippen MR) is 104 cm³/mol.